The third kappa shape index (κ3) is 4.03. The Balaban J connectivity index is 0.000000687. The third-order valence-electron chi connectivity index (χ3n) is 4.50. The number of piperazine rings is 1. The smallest absolute Gasteiger partial charge is 0.230 e. The van der Waals surface area contributed by atoms with Gasteiger partial charge in [0, 0.05) is 38.6 Å². The number of rotatable bonds is 4. The molecule has 1 saturated heterocycles. The van der Waals surface area contributed by atoms with Crippen molar-refractivity contribution >= 4 is 42.0 Å². The normalized spacial score (nSPS) is 13.8. The molecule has 1 aliphatic rings. The predicted octanol–water partition coefficient (Wildman–Crippen LogP) is -0.101. The Morgan fingerprint density at radius 1 is 1.27 bits per heavy atom. The van der Waals surface area contributed by atoms with Crippen LogP contribution < -0.4 is 21.0 Å². The van der Waals surface area contributed by atoms with Gasteiger partial charge >= 0.3 is 0 Å². The number of hydrogen-bond donors (Lipinski definition) is 4. The van der Waals surface area contributed by atoms with Crippen LogP contribution in [0.1, 0.15) is 5.82 Å². The van der Waals surface area contributed by atoms with E-state index in [2.05, 4.69) is 52.1 Å². The van der Waals surface area contributed by atoms with Crippen LogP contribution in [0.4, 0.5) is 11.9 Å². The maximum atomic E-state index is 7.33. The van der Waals surface area contributed by atoms with E-state index in [0.717, 1.165) is 43.8 Å². The van der Waals surface area contributed by atoms with Crippen molar-refractivity contribution in [2.75, 3.05) is 36.4 Å². The zero-order valence-electron chi connectivity index (χ0n) is 16.3. The summed E-state index contributed by atoms with van der Waals surface area (Å²) in [5.41, 5.74) is 2.69. The summed E-state index contributed by atoms with van der Waals surface area (Å²) >= 11 is 0. The molecule has 5 rings (SSSR count). The molecule has 0 atom stereocenters. The molecule has 0 aromatic carbocycles. The minimum absolute atomic E-state index is 0.448. The van der Waals surface area contributed by atoms with E-state index in [1.165, 1.54) is 0 Å². The van der Waals surface area contributed by atoms with Gasteiger partial charge in [0.15, 0.2) is 11.3 Å². The second-order valence-electron chi connectivity index (χ2n) is 6.51. The molecule has 0 saturated carbocycles. The number of nitrogens with one attached hydrogen (secondary N) is 3. The van der Waals surface area contributed by atoms with Crippen molar-refractivity contribution < 1.29 is 5.11 Å². The van der Waals surface area contributed by atoms with E-state index < -0.39 is 0 Å². The summed E-state index contributed by atoms with van der Waals surface area (Å²) in [7, 11) is 6.04. The summed E-state index contributed by atoms with van der Waals surface area (Å²) < 4.78 is 1.61. The van der Waals surface area contributed by atoms with Gasteiger partial charge in [-0.25, -0.2) is 9.97 Å². The predicted molar refractivity (Wildman–Crippen MR) is 115 cm³/mol. The minimum Gasteiger partial charge on any atom is -0.516 e. The molecule has 4 aromatic rings. The highest BCUT2D eigenvalue weighted by atomic mass is 16.2. The largest absolute Gasteiger partial charge is 0.516 e. The second-order valence-corrected chi connectivity index (χ2v) is 6.51. The van der Waals surface area contributed by atoms with Crippen LogP contribution in [0, 0.1) is 0 Å². The number of imidazole rings is 1. The molecule has 4 aromatic heterocycles. The van der Waals surface area contributed by atoms with Crippen LogP contribution in [-0.2, 0) is 6.54 Å². The van der Waals surface area contributed by atoms with E-state index in [4.69, 9.17) is 13.0 Å². The molecule has 0 aliphatic carbocycles. The van der Waals surface area contributed by atoms with Crippen molar-refractivity contribution in [1.29, 1.82) is 0 Å². The Hall–Kier alpha value is -3.67. The van der Waals surface area contributed by atoms with E-state index in [1.54, 1.807) is 16.9 Å². The molecule has 0 bridgehead atoms. The maximum Gasteiger partial charge on any atom is 0.230 e. The monoisotopic (exact) mass is 404 g/mol. The average molecular weight is 404 g/mol. The number of aliphatic hydroxyl groups is 1. The molecule has 1 aliphatic heterocycles. The van der Waals surface area contributed by atoms with Gasteiger partial charge in [0.25, 0.3) is 0 Å². The van der Waals surface area contributed by atoms with E-state index in [1.807, 2.05) is 12.1 Å². The molecule has 0 amide bonds. The highest BCUT2D eigenvalue weighted by molar-refractivity contribution is 6.36. The molecule has 2 radical (unpaired) electrons. The van der Waals surface area contributed by atoms with Crippen molar-refractivity contribution in [2.45, 2.75) is 6.54 Å². The van der Waals surface area contributed by atoms with Gasteiger partial charge in [-0.2, -0.15) is 19.6 Å². The Bertz CT molecular complexity index is 1120. The summed E-state index contributed by atoms with van der Waals surface area (Å²) in [6.07, 6.45) is 4.06. The number of aromatic amines is 1. The van der Waals surface area contributed by atoms with Gasteiger partial charge in [-0.1, -0.05) is 6.58 Å². The molecule has 0 unspecified atom stereocenters. The Labute approximate surface area is 173 Å². The van der Waals surface area contributed by atoms with Crippen molar-refractivity contribution in [1.82, 2.24) is 39.9 Å². The summed E-state index contributed by atoms with van der Waals surface area (Å²) in [6.45, 7) is 6.86. The first-order chi connectivity index (χ1) is 14.7. The third-order valence-corrected chi connectivity index (χ3v) is 4.50. The standard InChI is InChI=1S/C16H17BN10.C2H4O/c17-10-8-21-27-14(10)24-16(26-6-4-18-5-7-26)25-15(27)20-9-12-22-11-2-1-3-19-13(11)23-12;1-2-3/h1-3,8,18H,4-7,9H2,(H,19,22,23)(H,20,24,25);2-3H,1H2. The molecule has 11 nitrogen and oxygen atoms in total. The summed E-state index contributed by atoms with van der Waals surface area (Å²) in [5.74, 6) is 1.97. The van der Waals surface area contributed by atoms with E-state index in [9.17, 15) is 0 Å². The fourth-order valence-corrected chi connectivity index (χ4v) is 3.15. The molecular weight excluding hydrogens is 383 g/mol. The summed E-state index contributed by atoms with van der Waals surface area (Å²) in [5, 5.41) is 18.2. The van der Waals surface area contributed by atoms with Crippen LogP contribution >= 0.6 is 0 Å². The zero-order chi connectivity index (χ0) is 20.9. The summed E-state index contributed by atoms with van der Waals surface area (Å²) in [6, 6.07) is 3.82. The van der Waals surface area contributed by atoms with E-state index >= 15 is 0 Å². The number of pyridine rings is 1. The van der Waals surface area contributed by atoms with Crippen LogP contribution in [0.3, 0.4) is 0 Å². The van der Waals surface area contributed by atoms with Gasteiger partial charge in [0.1, 0.15) is 13.7 Å². The van der Waals surface area contributed by atoms with Crippen LogP contribution in [0.5, 0.6) is 0 Å². The SMILES string of the molecule is C=CO.[B]c1cnn2c(NCc3nc4ncccc4[nH]3)nc(N3CCNCC3)nc12. The average Bonchev–Trinajstić information content (AvgIpc) is 3.36. The molecule has 30 heavy (non-hydrogen) atoms. The number of H-pyrrole nitrogens is 1. The fourth-order valence-electron chi connectivity index (χ4n) is 3.15. The van der Waals surface area contributed by atoms with Crippen molar-refractivity contribution in [2.24, 2.45) is 0 Å². The quantitative estimate of drug-likeness (QED) is 0.272. The Kier molecular flexibility index (Phi) is 5.75. The molecular formula is C18H21BN10O. The first-order valence-corrected chi connectivity index (χ1v) is 9.45. The topological polar surface area (TPSA) is 132 Å². The van der Waals surface area contributed by atoms with Crippen LogP contribution in [0.25, 0.3) is 16.8 Å². The second kappa shape index (κ2) is 8.78. The fraction of sp³-hybridized carbons (Fsp3) is 0.278. The lowest BCUT2D eigenvalue weighted by Crippen LogP contribution is -2.44. The number of fused-ring (bicyclic) bond motifs is 2. The van der Waals surface area contributed by atoms with Crippen molar-refractivity contribution in [3.05, 3.63) is 43.2 Å². The number of nitrogens with zero attached hydrogens (tertiary/aromatic N) is 7. The van der Waals surface area contributed by atoms with Gasteiger partial charge in [0.05, 0.1) is 18.3 Å². The molecule has 4 N–H and O–H groups in total. The summed E-state index contributed by atoms with van der Waals surface area (Å²) in [4.78, 5) is 23.4. The lowest BCUT2D eigenvalue weighted by molar-refractivity contribution is 0.476. The molecule has 1 fully saturated rings. The number of anilines is 2. The molecule has 5 heterocycles. The van der Waals surface area contributed by atoms with Crippen molar-refractivity contribution in [3.63, 3.8) is 0 Å². The lowest BCUT2D eigenvalue weighted by atomic mass is 10.0. The van der Waals surface area contributed by atoms with Gasteiger partial charge in [0.2, 0.25) is 11.9 Å². The van der Waals surface area contributed by atoms with Gasteiger partial charge in [-0.05, 0) is 17.6 Å². The minimum atomic E-state index is 0.448. The van der Waals surface area contributed by atoms with E-state index in [-0.39, 0.29) is 0 Å². The Morgan fingerprint density at radius 3 is 2.83 bits per heavy atom. The first kappa shape index (κ1) is 19.6. The maximum absolute atomic E-state index is 7.33. The number of aromatic nitrogens is 7. The van der Waals surface area contributed by atoms with Gasteiger partial charge in [-0.3, -0.25) is 0 Å². The lowest BCUT2D eigenvalue weighted by Gasteiger charge is -2.27. The van der Waals surface area contributed by atoms with Crippen LogP contribution in [0.2, 0.25) is 0 Å². The molecule has 0 spiro atoms. The Morgan fingerprint density at radius 2 is 2.07 bits per heavy atom. The zero-order valence-corrected chi connectivity index (χ0v) is 16.3. The number of aliphatic hydroxyl groups excluding tert-OH is 1. The molecule has 152 valence electrons. The number of hydrogen-bond acceptors (Lipinski definition) is 9. The molecule has 12 heteroatoms. The van der Waals surface area contributed by atoms with E-state index in [0.29, 0.717) is 35.2 Å². The first-order valence-electron chi connectivity index (χ1n) is 9.45. The van der Waals surface area contributed by atoms with Gasteiger partial charge in [-0.15, -0.1) is 0 Å². The van der Waals surface area contributed by atoms with Crippen molar-refractivity contribution in [3.8, 4) is 0 Å². The van der Waals surface area contributed by atoms with Crippen LogP contribution in [-0.4, -0.2) is 73.7 Å². The van der Waals surface area contributed by atoms with Gasteiger partial charge < -0.3 is 25.6 Å². The highest BCUT2D eigenvalue weighted by Crippen LogP contribution is 2.15. The highest BCUT2D eigenvalue weighted by Gasteiger charge is 2.17. The van der Waals surface area contributed by atoms with Crippen LogP contribution in [0.15, 0.2) is 37.4 Å².